The molecule has 1 heterocycles. The molecule has 31 heavy (non-hydrogen) atoms. The number of hydrogen-bond acceptors (Lipinski definition) is 5. The number of rotatable bonds is 10. The number of benzene rings is 2. The zero-order chi connectivity index (χ0) is 21.2. The maximum Gasteiger partial charge on any atom is 0.162 e. The summed E-state index contributed by atoms with van der Waals surface area (Å²) in [5.74, 6) is 1.58. The largest absolute Gasteiger partial charge is 0.493 e. The molecule has 0 aliphatic carbocycles. The van der Waals surface area contributed by atoms with Crippen LogP contribution < -0.4 is 19.7 Å². The van der Waals surface area contributed by atoms with Gasteiger partial charge in [-0.05, 0) is 44.5 Å². The van der Waals surface area contributed by atoms with Crippen molar-refractivity contribution in [1.29, 1.82) is 0 Å². The maximum absolute atomic E-state index is 6.01. The average Bonchev–Trinajstić information content (AvgIpc) is 2.78. The van der Waals surface area contributed by atoms with Crippen molar-refractivity contribution in [3.63, 3.8) is 0 Å². The lowest BCUT2D eigenvalue weighted by Crippen LogP contribution is -2.46. The van der Waals surface area contributed by atoms with Crippen LogP contribution >= 0.6 is 12.4 Å². The molecule has 1 aliphatic heterocycles. The van der Waals surface area contributed by atoms with Crippen LogP contribution in [0.1, 0.15) is 20.3 Å². The monoisotopic (exact) mass is 445 g/mol. The quantitative estimate of drug-likeness (QED) is 0.407. The van der Waals surface area contributed by atoms with Crippen LogP contribution in [0.5, 0.6) is 11.5 Å². The van der Waals surface area contributed by atoms with Crippen molar-refractivity contribution in [2.24, 2.45) is 0 Å². The van der Waals surface area contributed by atoms with E-state index in [1.54, 1.807) is 7.11 Å². The van der Waals surface area contributed by atoms with E-state index in [1.165, 1.54) is 11.3 Å². The number of ether oxygens (including phenoxy) is 2. The number of anilines is 2. The molecular weight excluding hydrogens is 410 g/mol. The van der Waals surface area contributed by atoms with Gasteiger partial charge in [0.15, 0.2) is 11.5 Å². The number of methoxy groups -OCH3 is 1. The highest BCUT2D eigenvalue weighted by Crippen LogP contribution is 2.30. The van der Waals surface area contributed by atoms with Crippen LogP contribution in [0.4, 0.5) is 11.4 Å². The van der Waals surface area contributed by atoms with E-state index in [9.17, 15) is 0 Å². The first-order valence-electron chi connectivity index (χ1n) is 10.9. The number of allylic oxidation sites excluding steroid dienone is 1. The fourth-order valence-electron chi connectivity index (χ4n) is 3.61. The smallest absolute Gasteiger partial charge is 0.162 e. The second-order valence-electron chi connectivity index (χ2n) is 7.89. The topological polar surface area (TPSA) is 37.0 Å². The van der Waals surface area contributed by atoms with Crippen molar-refractivity contribution >= 4 is 23.8 Å². The lowest BCUT2D eigenvalue weighted by atomic mass is 10.2. The molecule has 1 fully saturated rings. The van der Waals surface area contributed by atoms with Gasteiger partial charge < -0.3 is 19.7 Å². The van der Waals surface area contributed by atoms with Crippen LogP contribution in [0.3, 0.4) is 0 Å². The number of para-hydroxylation sites is 1. The molecule has 3 rings (SSSR count). The molecular formula is C25H36ClN3O2. The molecule has 1 N–H and O–H groups in total. The van der Waals surface area contributed by atoms with E-state index in [4.69, 9.17) is 9.47 Å². The van der Waals surface area contributed by atoms with Gasteiger partial charge in [-0.25, -0.2) is 0 Å². The highest BCUT2D eigenvalue weighted by atomic mass is 35.5. The Bertz CT molecular complexity index is 802. The van der Waals surface area contributed by atoms with Gasteiger partial charge in [-0.2, -0.15) is 0 Å². The molecule has 0 aromatic heterocycles. The first-order chi connectivity index (χ1) is 14.7. The van der Waals surface area contributed by atoms with Crippen LogP contribution in [-0.4, -0.2) is 57.9 Å². The molecule has 0 saturated carbocycles. The number of nitrogens with one attached hydrogen (secondary N) is 1. The Kier molecular flexibility index (Phi) is 10.5. The number of hydrogen-bond donors (Lipinski definition) is 1. The standard InChI is InChI=1S/C25H35N3O2.ClH/c1-21(2)12-13-26-22-10-11-24(25(20-22)29-3)30-19-7-14-27-15-17-28(18-16-27)23-8-5-4-6-9-23;/h4-6,8-12,20,26H,7,13-19H2,1-3H3;1H. The van der Waals surface area contributed by atoms with Gasteiger partial charge in [0.05, 0.1) is 13.7 Å². The third kappa shape index (κ3) is 8.00. The summed E-state index contributed by atoms with van der Waals surface area (Å²) in [6.45, 7) is 11.1. The molecule has 2 aromatic carbocycles. The Morgan fingerprint density at radius 1 is 1.00 bits per heavy atom. The zero-order valence-electron chi connectivity index (χ0n) is 19.0. The Balaban J connectivity index is 0.00000341. The SMILES string of the molecule is COc1cc(NCC=C(C)C)ccc1OCCCN1CCN(c2ccccc2)CC1.Cl. The van der Waals surface area contributed by atoms with Crippen LogP contribution in [-0.2, 0) is 0 Å². The van der Waals surface area contributed by atoms with Gasteiger partial charge in [-0.1, -0.05) is 29.8 Å². The van der Waals surface area contributed by atoms with Gasteiger partial charge in [0, 0.05) is 56.7 Å². The van der Waals surface area contributed by atoms with Gasteiger partial charge in [0.25, 0.3) is 0 Å². The van der Waals surface area contributed by atoms with E-state index in [0.29, 0.717) is 6.61 Å². The molecule has 0 bridgehead atoms. The van der Waals surface area contributed by atoms with Crippen LogP contribution in [0.2, 0.25) is 0 Å². The predicted molar refractivity (Wildman–Crippen MR) is 133 cm³/mol. The average molecular weight is 446 g/mol. The third-order valence-corrected chi connectivity index (χ3v) is 5.35. The molecule has 0 amide bonds. The van der Waals surface area contributed by atoms with Crippen molar-refractivity contribution in [2.75, 3.05) is 63.2 Å². The lowest BCUT2D eigenvalue weighted by molar-refractivity contribution is 0.221. The van der Waals surface area contributed by atoms with Crippen molar-refractivity contribution in [3.05, 3.63) is 60.2 Å². The van der Waals surface area contributed by atoms with E-state index in [0.717, 1.165) is 62.9 Å². The van der Waals surface area contributed by atoms with Crippen molar-refractivity contribution < 1.29 is 9.47 Å². The molecule has 0 atom stereocenters. The molecule has 0 unspecified atom stereocenters. The van der Waals surface area contributed by atoms with Crippen LogP contribution in [0, 0.1) is 0 Å². The van der Waals surface area contributed by atoms with E-state index >= 15 is 0 Å². The van der Waals surface area contributed by atoms with Gasteiger partial charge >= 0.3 is 0 Å². The van der Waals surface area contributed by atoms with E-state index in [1.807, 2.05) is 18.2 Å². The number of halogens is 1. The molecule has 0 radical (unpaired) electrons. The Morgan fingerprint density at radius 3 is 2.42 bits per heavy atom. The van der Waals surface area contributed by atoms with E-state index in [-0.39, 0.29) is 12.4 Å². The maximum atomic E-state index is 6.01. The van der Waals surface area contributed by atoms with Crippen LogP contribution in [0.25, 0.3) is 0 Å². The summed E-state index contributed by atoms with van der Waals surface area (Å²) in [7, 11) is 1.69. The van der Waals surface area contributed by atoms with E-state index < -0.39 is 0 Å². The fraction of sp³-hybridized carbons (Fsp3) is 0.440. The first-order valence-corrected chi connectivity index (χ1v) is 10.9. The Hall–Kier alpha value is -2.37. The molecule has 1 aliphatic rings. The minimum atomic E-state index is 0. The summed E-state index contributed by atoms with van der Waals surface area (Å²) in [5.41, 5.74) is 3.66. The summed E-state index contributed by atoms with van der Waals surface area (Å²) < 4.78 is 11.5. The zero-order valence-corrected chi connectivity index (χ0v) is 19.8. The van der Waals surface area contributed by atoms with Gasteiger partial charge in [0.2, 0.25) is 0 Å². The molecule has 1 saturated heterocycles. The normalized spacial score (nSPS) is 13.8. The summed E-state index contributed by atoms with van der Waals surface area (Å²) in [4.78, 5) is 4.99. The van der Waals surface area contributed by atoms with E-state index in [2.05, 4.69) is 65.4 Å². The second-order valence-corrected chi connectivity index (χ2v) is 7.89. The summed E-state index contributed by atoms with van der Waals surface area (Å²) in [6, 6.07) is 16.7. The summed E-state index contributed by atoms with van der Waals surface area (Å²) in [5, 5.41) is 3.38. The van der Waals surface area contributed by atoms with Crippen molar-refractivity contribution in [1.82, 2.24) is 4.90 Å². The highest BCUT2D eigenvalue weighted by molar-refractivity contribution is 5.85. The molecule has 2 aromatic rings. The minimum absolute atomic E-state index is 0. The van der Waals surface area contributed by atoms with Crippen molar-refractivity contribution in [2.45, 2.75) is 20.3 Å². The van der Waals surface area contributed by atoms with Gasteiger partial charge in [-0.15, -0.1) is 12.4 Å². The Morgan fingerprint density at radius 2 is 1.74 bits per heavy atom. The molecule has 5 nitrogen and oxygen atoms in total. The summed E-state index contributed by atoms with van der Waals surface area (Å²) >= 11 is 0. The second kappa shape index (κ2) is 13.1. The Labute approximate surface area is 193 Å². The van der Waals surface area contributed by atoms with Crippen LogP contribution in [0.15, 0.2) is 60.2 Å². The molecule has 6 heteroatoms. The summed E-state index contributed by atoms with van der Waals surface area (Å²) in [6.07, 6.45) is 3.17. The third-order valence-electron chi connectivity index (χ3n) is 5.35. The minimum Gasteiger partial charge on any atom is -0.493 e. The number of nitrogens with zero attached hydrogens (tertiary/aromatic N) is 2. The fourth-order valence-corrected chi connectivity index (χ4v) is 3.61. The highest BCUT2D eigenvalue weighted by Gasteiger charge is 2.16. The van der Waals surface area contributed by atoms with Gasteiger partial charge in [0.1, 0.15) is 0 Å². The molecule has 0 spiro atoms. The van der Waals surface area contributed by atoms with Gasteiger partial charge in [-0.3, -0.25) is 4.90 Å². The first kappa shape index (κ1) is 24.9. The number of piperazine rings is 1. The predicted octanol–water partition coefficient (Wildman–Crippen LogP) is 5.09. The molecule has 170 valence electrons. The lowest BCUT2D eigenvalue weighted by Gasteiger charge is -2.36. The van der Waals surface area contributed by atoms with Crippen molar-refractivity contribution in [3.8, 4) is 11.5 Å².